The second kappa shape index (κ2) is 10.8. The zero-order valence-corrected chi connectivity index (χ0v) is 14.8. The van der Waals surface area contributed by atoms with Gasteiger partial charge >= 0.3 is 0 Å². The van der Waals surface area contributed by atoms with E-state index in [1.807, 2.05) is 6.07 Å². The number of carbonyl (C=O) groups excluding carboxylic acids is 1. The van der Waals surface area contributed by atoms with Crippen LogP contribution in [0, 0.1) is 0 Å². The van der Waals surface area contributed by atoms with E-state index >= 15 is 0 Å². The molecule has 0 aliphatic carbocycles. The van der Waals surface area contributed by atoms with Gasteiger partial charge in [0.05, 0.1) is 5.52 Å². The number of H-pyrrole nitrogens is 1. The van der Waals surface area contributed by atoms with Gasteiger partial charge in [-0.05, 0) is 24.6 Å². The Labute approximate surface area is 144 Å². The molecule has 0 radical (unpaired) electrons. The summed E-state index contributed by atoms with van der Waals surface area (Å²) in [5.74, 6) is -0.0316. The molecule has 0 bridgehead atoms. The van der Waals surface area contributed by atoms with Gasteiger partial charge in [0.15, 0.2) is 0 Å². The molecule has 0 spiro atoms. The minimum absolute atomic E-state index is 0.0316. The van der Waals surface area contributed by atoms with Gasteiger partial charge in [0.25, 0.3) is 5.91 Å². The van der Waals surface area contributed by atoms with Gasteiger partial charge in [-0.1, -0.05) is 69.9 Å². The van der Waals surface area contributed by atoms with E-state index in [2.05, 4.69) is 27.7 Å². The molecule has 2 aromatic rings. The van der Waals surface area contributed by atoms with Crippen molar-refractivity contribution in [1.82, 2.24) is 20.7 Å². The minimum atomic E-state index is -0.0316. The zero-order chi connectivity index (χ0) is 17.0. The maximum atomic E-state index is 12.1. The lowest BCUT2D eigenvalue weighted by atomic mass is 10.1. The monoisotopic (exact) mass is 330 g/mol. The van der Waals surface area contributed by atoms with Crippen LogP contribution in [-0.4, -0.2) is 27.9 Å². The molecule has 1 aromatic heterocycles. The Hall–Kier alpha value is -1.91. The number of rotatable bonds is 12. The third kappa shape index (κ3) is 6.30. The van der Waals surface area contributed by atoms with Gasteiger partial charge in [-0.15, -0.1) is 5.10 Å². The molecule has 5 nitrogen and oxygen atoms in total. The average Bonchev–Trinajstić information content (AvgIpc) is 3.07. The number of unbranched alkanes of at least 4 members (excludes halogenated alkanes) is 9. The highest BCUT2D eigenvalue weighted by molar-refractivity contribution is 5.97. The van der Waals surface area contributed by atoms with E-state index in [1.54, 1.807) is 12.1 Å². The van der Waals surface area contributed by atoms with Gasteiger partial charge in [0.2, 0.25) is 0 Å². The Balaban J connectivity index is 1.50. The maximum Gasteiger partial charge on any atom is 0.251 e. The number of carbonyl (C=O) groups is 1. The summed E-state index contributed by atoms with van der Waals surface area (Å²) in [6, 6.07) is 5.41. The van der Waals surface area contributed by atoms with Gasteiger partial charge in [0.1, 0.15) is 5.52 Å². The van der Waals surface area contributed by atoms with Gasteiger partial charge < -0.3 is 5.32 Å². The molecule has 1 amide bonds. The highest BCUT2D eigenvalue weighted by Crippen LogP contribution is 2.11. The molecule has 0 unspecified atom stereocenters. The van der Waals surface area contributed by atoms with Crippen LogP contribution in [0.4, 0.5) is 0 Å². The molecule has 2 N–H and O–H groups in total. The quantitative estimate of drug-likeness (QED) is 0.558. The molecule has 0 saturated heterocycles. The number of hydrogen-bond donors (Lipinski definition) is 2. The fraction of sp³-hybridized carbons (Fsp3) is 0.632. The molecule has 0 fully saturated rings. The first-order valence-corrected chi connectivity index (χ1v) is 9.40. The van der Waals surface area contributed by atoms with Crippen molar-refractivity contribution in [2.24, 2.45) is 0 Å². The first kappa shape index (κ1) is 18.4. The number of hydrogen-bond acceptors (Lipinski definition) is 3. The zero-order valence-electron chi connectivity index (χ0n) is 14.8. The van der Waals surface area contributed by atoms with Gasteiger partial charge in [-0.3, -0.25) is 9.89 Å². The maximum absolute atomic E-state index is 12.1. The summed E-state index contributed by atoms with van der Waals surface area (Å²) in [5.41, 5.74) is 2.21. The molecule has 5 heteroatoms. The van der Waals surface area contributed by atoms with Crippen molar-refractivity contribution in [3.8, 4) is 0 Å². The van der Waals surface area contributed by atoms with Crippen LogP contribution in [0.1, 0.15) is 81.5 Å². The van der Waals surface area contributed by atoms with Gasteiger partial charge in [-0.25, -0.2) is 0 Å². The van der Waals surface area contributed by atoms with E-state index in [1.165, 1.54) is 57.8 Å². The number of aromatic nitrogens is 3. The molecule has 1 heterocycles. The summed E-state index contributed by atoms with van der Waals surface area (Å²) in [6.45, 7) is 3.00. The Morgan fingerprint density at radius 2 is 1.67 bits per heavy atom. The molecule has 24 heavy (non-hydrogen) atoms. The minimum Gasteiger partial charge on any atom is -0.352 e. The predicted molar refractivity (Wildman–Crippen MR) is 98.1 cm³/mol. The van der Waals surface area contributed by atoms with E-state index in [4.69, 9.17) is 0 Å². The number of amides is 1. The van der Waals surface area contributed by atoms with Crippen LogP contribution in [-0.2, 0) is 0 Å². The molecule has 0 atom stereocenters. The fourth-order valence-corrected chi connectivity index (χ4v) is 2.90. The van der Waals surface area contributed by atoms with E-state index in [0.29, 0.717) is 5.56 Å². The first-order valence-electron chi connectivity index (χ1n) is 9.40. The average molecular weight is 330 g/mol. The number of fused-ring (bicyclic) bond motifs is 1. The summed E-state index contributed by atoms with van der Waals surface area (Å²) < 4.78 is 0. The number of benzene rings is 1. The Morgan fingerprint density at radius 1 is 1.00 bits per heavy atom. The van der Waals surface area contributed by atoms with Crippen molar-refractivity contribution in [3.05, 3.63) is 23.8 Å². The highest BCUT2D eigenvalue weighted by Gasteiger charge is 2.07. The lowest BCUT2D eigenvalue weighted by Crippen LogP contribution is -2.24. The number of aromatic amines is 1. The van der Waals surface area contributed by atoms with Crippen LogP contribution in [0.2, 0.25) is 0 Å². The Morgan fingerprint density at radius 3 is 2.38 bits per heavy atom. The summed E-state index contributed by atoms with van der Waals surface area (Å²) in [4.78, 5) is 12.1. The van der Waals surface area contributed by atoms with Crippen LogP contribution in [0.5, 0.6) is 0 Å². The second-order valence-electron chi connectivity index (χ2n) is 6.48. The van der Waals surface area contributed by atoms with Crippen molar-refractivity contribution in [3.63, 3.8) is 0 Å². The van der Waals surface area contributed by atoms with Crippen LogP contribution in [0.25, 0.3) is 11.0 Å². The Bertz CT molecular complexity index is 608. The van der Waals surface area contributed by atoms with Crippen molar-refractivity contribution >= 4 is 16.9 Å². The number of nitrogens with one attached hydrogen (secondary N) is 2. The normalized spacial score (nSPS) is 11.0. The molecule has 132 valence electrons. The number of nitrogens with zero attached hydrogens (tertiary/aromatic N) is 2. The van der Waals surface area contributed by atoms with Crippen LogP contribution in [0.15, 0.2) is 18.2 Å². The van der Waals surface area contributed by atoms with Gasteiger partial charge in [-0.2, -0.15) is 0 Å². The highest BCUT2D eigenvalue weighted by atomic mass is 16.1. The van der Waals surface area contributed by atoms with E-state index in [-0.39, 0.29) is 5.91 Å². The third-order valence-corrected chi connectivity index (χ3v) is 4.40. The molecule has 0 aliphatic heterocycles. The largest absolute Gasteiger partial charge is 0.352 e. The predicted octanol–water partition coefficient (Wildman–Crippen LogP) is 4.61. The van der Waals surface area contributed by atoms with Crippen LogP contribution in [0.3, 0.4) is 0 Å². The second-order valence-corrected chi connectivity index (χ2v) is 6.48. The summed E-state index contributed by atoms with van der Waals surface area (Å²) in [7, 11) is 0. The van der Waals surface area contributed by atoms with E-state index in [0.717, 1.165) is 24.0 Å². The molecule has 1 aromatic carbocycles. The SMILES string of the molecule is CCCCCCCCCCCCNC(=O)c1ccc2[nH]nnc2c1. The molecule has 0 aliphatic rings. The van der Waals surface area contributed by atoms with Gasteiger partial charge in [0, 0.05) is 12.1 Å². The topological polar surface area (TPSA) is 70.7 Å². The molecule has 0 saturated carbocycles. The van der Waals surface area contributed by atoms with Crippen molar-refractivity contribution < 1.29 is 4.79 Å². The molecule has 2 rings (SSSR count). The Kier molecular flexibility index (Phi) is 8.28. The van der Waals surface area contributed by atoms with E-state index in [9.17, 15) is 4.79 Å². The summed E-state index contributed by atoms with van der Waals surface area (Å²) >= 11 is 0. The molecular weight excluding hydrogens is 300 g/mol. The summed E-state index contributed by atoms with van der Waals surface area (Å²) in [6.07, 6.45) is 13.0. The lowest BCUT2D eigenvalue weighted by molar-refractivity contribution is 0.0953. The molecular formula is C19H30N4O. The van der Waals surface area contributed by atoms with Crippen molar-refractivity contribution in [1.29, 1.82) is 0 Å². The van der Waals surface area contributed by atoms with E-state index < -0.39 is 0 Å². The van der Waals surface area contributed by atoms with Crippen LogP contribution < -0.4 is 5.32 Å². The third-order valence-electron chi connectivity index (χ3n) is 4.40. The standard InChI is InChI=1S/C19H30N4O/c1-2-3-4-5-6-7-8-9-10-11-14-20-19(24)16-12-13-17-18(15-16)22-23-21-17/h12-13,15H,2-11,14H2,1H3,(H,20,24)(H,21,22,23). The van der Waals surface area contributed by atoms with Crippen molar-refractivity contribution in [2.75, 3.05) is 6.54 Å². The first-order chi connectivity index (χ1) is 11.8. The smallest absolute Gasteiger partial charge is 0.251 e. The van der Waals surface area contributed by atoms with Crippen molar-refractivity contribution in [2.45, 2.75) is 71.1 Å². The fourth-order valence-electron chi connectivity index (χ4n) is 2.90. The summed E-state index contributed by atoms with van der Waals surface area (Å²) in [5, 5.41) is 13.4. The lowest BCUT2D eigenvalue weighted by Gasteiger charge is -2.05. The van der Waals surface area contributed by atoms with Crippen LogP contribution >= 0.6 is 0 Å².